The SMILES string of the molecule is CCCCCCC(C)(O)CCn1c(CCCCCCCN)c(O)n(C)c1=O. The molecule has 6 nitrogen and oxygen atoms in total. The summed E-state index contributed by atoms with van der Waals surface area (Å²) < 4.78 is 2.95. The first-order chi connectivity index (χ1) is 12.8. The van der Waals surface area contributed by atoms with E-state index in [1.54, 1.807) is 11.6 Å². The summed E-state index contributed by atoms with van der Waals surface area (Å²) in [5, 5.41) is 21.0. The van der Waals surface area contributed by atoms with Crippen molar-refractivity contribution in [2.75, 3.05) is 6.54 Å². The highest BCUT2D eigenvalue weighted by Gasteiger charge is 2.23. The van der Waals surface area contributed by atoms with Crippen molar-refractivity contribution in [3.63, 3.8) is 0 Å². The zero-order chi connectivity index (χ0) is 20.3. The summed E-state index contributed by atoms with van der Waals surface area (Å²) in [6.07, 6.45) is 11.8. The maximum absolute atomic E-state index is 12.5. The van der Waals surface area contributed by atoms with Crippen molar-refractivity contribution in [1.29, 1.82) is 0 Å². The smallest absolute Gasteiger partial charge is 0.331 e. The molecule has 0 aromatic carbocycles. The lowest BCUT2D eigenvalue weighted by atomic mass is 9.94. The second-order valence-electron chi connectivity index (χ2n) is 8.13. The number of aromatic nitrogens is 2. The van der Waals surface area contributed by atoms with E-state index in [-0.39, 0.29) is 11.6 Å². The predicted octanol–water partition coefficient (Wildman–Crippen LogP) is 3.46. The Labute approximate surface area is 164 Å². The topological polar surface area (TPSA) is 93.4 Å². The van der Waals surface area contributed by atoms with Gasteiger partial charge in [0.15, 0.2) is 0 Å². The molecule has 0 aliphatic rings. The third-order valence-electron chi connectivity index (χ3n) is 5.48. The van der Waals surface area contributed by atoms with Crippen LogP contribution in [-0.2, 0) is 20.0 Å². The van der Waals surface area contributed by atoms with Gasteiger partial charge in [0, 0.05) is 13.6 Å². The van der Waals surface area contributed by atoms with E-state index in [0.717, 1.165) is 57.9 Å². The van der Waals surface area contributed by atoms with Gasteiger partial charge >= 0.3 is 5.69 Å². The average molecular weight is 384 g/mol. The first-order valence-electron chi connectivity index (χ1n) is 10.7. The van der Waals surface area contributed by atoms with Gasteiger partial charge in [0.25, 0.3) is 0 Å². The largest absolute Gasteiger partial charge is 0.493 e. The van der Waals surface area contributed by atoms with Gasteiger partial charge in [-0.1, -0.05) is 51.9 Å². The quantitative estimate of drug-likeness (QED) is 0.404. The lowest BCUT2D eigenvalue weighted by molar-refractivity contribution is 0.0345. The van der Waals surface area contributed by atoms with E-state index in [2.05, 4.69) is 6.92 Å². The molecule has 1 atom stereocenters. The summed E-state index contributed by atoms with van der Waals surface area (Å²) in [4.78, 5) is 12.5. The number of hydrogen-bond acceptors (Lipinski definition) is 4. The number of unbranched alkanes of at least 4 members (excludes halogenated alkanes) is 7. The van der Waals surface area contributed by atoms with Crippen LogP contribution in [0.3, 0.4) is 0 Å². The maximum atomic E-state index is 12.5. The fourth-order valence-corrected chi connectivity index (χ4v) is 3.56. The van der Waals surface area contributed by atoms with Crippen LogP contribution in [-0.4, -0.2) is 31.5 Å². The summed E-state index contributed by atoms with van der Waals surface area (Å²) in [5.41, 5.74) is 5.23. The van der Waals surface area contributed by atoms with Gasteiger partial charge in [0.05, 0.1) is 11.3 Å². The molecule has 6 heteroatoms. The zero-order valence-corrected chi connectivity index (χ0v) is 17.7. The second kappa shape index (κ2) is 12.2. The third kappa shape index (κ3) is 8.09. The van der Waals surface area contributed by atoms with Crippen LogP contribution < -0.4 is 11.4 Å². The van der Waals surface area contributed by atoms with E-state index >= 15 is 0 Å². The highest BCUT2D eigenvalue weighted by molar-refractivity contribution is 5.20. The number of nitrogens with zero attached hydrogens (tertiary/aromatic N) is 2. The first kappa shape index (κ1) is 23.8. The van der Waals surface area contributed by atoms with E-state index in [1.165, 1.54) is 17.4 Å². The van der Waals surface area contributed by atoms with Crippen molar-refractivity contribution in [1.82, 2.24) is 9.13 Å². The molecule has 0 aliphatic heterocycles. The molecule has 1 rings (SSSR count). The summed E-state index contributed by atoms with van der Waals surface area (Å²) >= 11 is 0. The molecule has 0 radical (unpaired) electrons. The van der Waals surface area contributed by atoms with E-state index in [4.69, 9.17) is 5.73 Å². The molecular formula is C21H41N3O3. The van der Waals surface area contributed by atoms with E-state index in [1.807, 2.05) is 6.92 Å². The fourth-order valence-electron chi connectivity index (χ4n) is 3.56. The van der Waals surface area contributed by atoms with E-state index in [9.17, 15) is 15.0 Å². The van der Waals surface area contributed by atoms with Gasteiger partial charge in [-0.05, 0) is 45.6 Å². The van der Waals surface area contributed by atoms with Crippen LogP contribution in [0.25, 0.3) is 0 Å². The Morgan fingerprint density at radius 3 is 2.30 bits per heavy atom. The number of nitrogens with two attached hydrogens (primary N) is 1. The van der Waals surface area contributed by atoms with Gasteiger partial charge in [-0.15, -0.1) is 0 Å². The zero-order valence-electron chi connectivity index (χ0n) is 17.7. The van der Waals surface area contributed by atoms with Gasteiger partial charge in [0.1, 0.15) is 0 Å². The Morgan fingerprint density at radius 2 is 1.63 bits per heavy atom. The van der Waals surface area contributed by atoms with Crippen molar-refractivity contribution in [2.24, 2.45) is 12.8 Å². The Bertz CT molecular complexity index is 590. The molecule has 1 heterocycles. The van der Waals surface area contributed by atoms with Gasteiger partial charge in [0.2, 0.25) is 5.88 Å². The maximum Gasteiger partial charge on any atom is 0.331 e. The van der Waals surface area contributed by atoms with Gasteiger partial charge in [-0.3, -0.25) is 9.13 Å². The molecule has 0 saturated carbocycles. The monoisotopic (exact) mass is 383 g/mol. The molecule has 0 bridgehead atoms. The number of rotatable bonds is 15. The standard InChI is InChI=1S/C21H41N3O3/c1-4-5-6-11-14-21(2,27)15-17-24-18(19(25)23(3)20(24)26)13-10-8-7-9-12-16-22/h25,27H,4-17,22H2,1-3H3. The highest BCUT2D eigenvalue weighted by Crippen LogP contribution is 2.23. The first-order valence-corrected chi connectivity index (χ1v) is 10.7. The van der Waals surface area contributed by atoms with Crippen molar-refractivity contribution in [3.8, 4) is 5.88 Å². The van der Waals surface area contributed by atoms with Gasteiger partial charge in [-0.25, -0.2) is 4.79 Å². The number of imidazole rings is 1. The fraction of sp³-hybridized carbons (Fsp3) is 0.857. The van der Waals surface area contributed by atoms with Gasteiger partial charge < -0.3 is 15.9 Å². The molecule has 0 aliphatic carbocycles. The molecule has 27 heavy (non-hydrogen) atoms. The lowest BCUT2D eigenvalue weighted by Crippen LogP contribution is -2.30. The van der Waals surface area contributed by atoms with E-state index in [0.29, 0.717) is 25.1 Å². The summed E-state index contributed by atoms with van der Waals surface area (Å²) in [6, 6.07) is 0. The van der Waals surface area contributed by atoms with Gasteiger partial charge in [-0.2, -0.15) is 0 Å². The van der Waals surface area contributed by atoms with E-state index < -0.39 is 5.60 Å². The minimum Gasteiger partial charge on any atom is -0.493 e. The van der Waals surface area contributed by atoms with Crippen molar-refractivity contribution in [3.05, 3.63) is 16.2 Å². The predicted molar refractivity (Wildman–Crippen MR) is 111 cm³/mol. The number of hydrogen-bond donors (Lipinski definition) is 3. The van der Waals surface area contributed by atoms with Crippen molar-refractivity contribution >= 4 is 0 Å². The number of aliphatic hydroxyl groups is 1. The third-order valence-corrected chi connectivity index (χ3v) is 5.48. The van der Waals surface area contributed by atoms with Crippen LogP contribution >= 0.6 is 0 Å². The number of aromatic hydroxyl groups is 1. The Kier molecular flexibility index (Phi) is 10.8. The summed E-state index contributed by atoms with van der Waals surface area (Å²) in [6.45, 7) is 5.20. The van der Waals surface area contributed by atoms with Crippen LogP contribution in [0.15, 0.2) is 4.79 Å². The van der Waals surface area contributed by atoms with Crippen LogP contribution in [0, 0.1) is 0 Å². The summed E-state index contributed by atoms with van der Waals surface area (Å²) in [5.74, 6) is 0.0598. The van der Waals surface area contributed by atoms with Crippen LogP contribution in [0.1, 0.15) is 90.2 Å². The summed E-state index contributed by atoms with van der Waals surface area (Å²) in [7, 11) is 1.60. The molecule has 1 aromatic rings. The Morgan fingerprint density at radius 1 is 1.00 bits per heavy atom. The van der Waals surface area contributed by atoms with Crippen LogP contribution in [0.2, 0.25) is 0 Å². The lowest BCUT2D eigenvalue weighted by Gasteiger charge is -2.23. The molecule has 0 amide bonds. The highest BCUT2D eigenvalue weighted by atomic mass is 16.3. The molecule has 1 unspecified atom stereocenters. The normalized spacial score (nSPS) is 13.8. The molecule has 4 N–H and O–H groups in total. The minimum absolute atomic E-state index is 0.0598. The molecule has 0 saturated heterocycles. The Balaban J connectivity index is 2.63. The Hall–Kier alpha value is -1.27. The second-order valence-corrected chi connectivity index (χ2v) is 8.13. The molecular weight excluding hydrogens is 342 g/mol. The average Bonchev–Trinajstić information content (AvgIpc) is 2.84. The molecule has 1 aromatic heterocycles. The van der Waals surface area contributed by atoms with Crippen LogP contribution in [0.5, 0.6) is 5.88 Å². The molecule has 158 valence electrons. The minimum atomic E-state index is -0.780. The van der Waals surface area contributed by atoms with Crippen molar-refractivity contribution in [2.45, 2.75) is 103 Å². The van der Waals surface area contributed by atoms with Crippen molar-refractivity contribution < 1.29 is 10.2 Å². The van der Waals surface area contributed by atoms with Crippen LogP contribution in [0.4, 0.5) is 0 Å². The molecule has 0 fully saturated rings. The molecule has 0 spiro atoms.